The molecule has 3 nitrogen and oxygen atoms in total. The predicted molar refractivity (Wildman–Crippen MR) is 80.5 cm³/mol. The highest BCUT2D eigenvalue weighted by Gasteiger charge is 2.14. The third-order valence-corrected chi connectivity index (χ3v) is 4.04. The number of aromatic nitrogens is 2. The predicted octanol–water partition coefficient (Wildman–Crippen LogP) is 3.56. The van der Waals surface area contributed by atoms with Gasteiger partial charge in [-0.3, -0.25) is 9.13 Å². The lowest BCUT2D eigenvalue weighted by molar-refractivity contribution is 0.389. The smallest absolute Gasteiger partial charge is 0.295 e. The molecule has 0 saturated carbocycles. The van der Waals surface area contributed by atoms with Crippen molar-refractivity contribution in [1.29, 1.82) is 0 Å². The molecule has 1 atom stereocenters. The quantitative estimate of drug-likeness (QED) is 0.780. The van der Waals surface area contributed by atoms with Gasteiger partial charge in [0, 0.05) is 13.6 Å². The van der Waals surface area contributed by atoms with Crippen molar-refractivity contribution in [1.82, 2.24) is 9.13 Å². The van der Waals surface area contributed by atoms with E-state index in [0.717, 1.165) is 24.0 Å². The number of hydrogen-bond donors (Lipinski definition) is 0. The maximum Gasteiger partial charge on any atom is 0.328 e. The lowest BCUT2D eigenvalue weighted by Crippen LogP contribution is -2.25. The minimum atomic E-state index is 0.108. The van der Waals surface area contributed by atoms with Crippen LogP contribution in [0.2, 0.25) is 0 Å². The molecule has 0 spiro atoms. The molecule has 1 heterocycles. The Kier molecular flexibility index (Phi) is 4.46. The zero-order valence-corrected chi connectivity index (χ0v) is 12.2. The number of para-hydroxylation sites is 2. The second-order valence-corrected chi connectivity index (χ2v) is 5.36. The van der Waals surface area contributed by atoms with Gasteiger partial charge in [0.2, 0.25) is 0 Å². The van der Waals surface area contributed by atoms with Crippen LogP contribution in [0.4, 0.5) is 0 Å². The number of aryl methyl sites for hydroxylation is 1. The van der Waals surface area contributed by atoms with E-state index < -0.39 is 0 Å². The Labute approximate surface area is 114 Å². The van der Waals surface area contributed by atoms with Crippen molar-refractivity contribution in [3.63, 3.8) is 0 Å². The highest BCUT2D eigenvalue weighted by atomic mass is 16.1. The number of nitrogens with zero attached hydrogens (tertiary/aromatic N) is 2. The van der Waals surface area contributed by atoms with E-state index in [4.69, 9.17) is 0 Å². The Bertz CT molecular complexity index is 594. The molecule has 104 valence electrons. The van der Waals surface area contributed by atoms with Crippen LogP contribution in [0.3, 0.4) is 0 Å². The highest BCUT2D eigenvalue weighted by molar-refractivity contribution is 5.75. The molecule has 0 aliphatic rings. The molecular weight excluding hydrogens is 236 g/mol. The molecule has 0 radical (unpaired) electrons. The summed E-state index contributed by atoms with van der Waals surface area (Å²) in [6.07, 6.45) is 4.82. The van der Waals surface area contributed by atoms with E-state index in [9.17, 15) is 4.79 Å². The molecule has 1 unspecified atom stereocenters. The summed E-state index contributed by atoms with van der Waals surface area (Å²) in [4.78, 5) is 12.3. The average molecular weight is 260 g/mol. The molecule has 0 aliphatic heterocycles. The van der Waals surface area contributed by atoms with Crippen molar-refractivity contribution < 1.29 is 0 Å². The van der Waals surface area contributed by atoms with Crippen molar-refractivity contribution >= 4 is 11.0 Å². The normalized spacial score (nSPS) is 13.0. The van der Waals surface area contributed by atoms with Gasteiger partial charge in [0.1, 0.15) is 0 Å². The Hall–Kier alpha value is -1.51. The zero-order valence-electron chi connectivity index (χ0n) is 12.2. The SMILES string of the molecule is CCCCC(CC)Cn1c(=O)n(C)c2ccccc21. The molecule has 2 aromatic rings. The second-order valence-electron chi connectivity index (χ2n) is 5.36. The lowest BCUT2D eigenvalue weighted by Gasteiger charge is -2.15. The molecule has 0 N–H and O–H groups in total. The Morgan fingerprint density at radius 2 is 1.84 bits per heavy atom. The van der Waals surface area contributed by atoms with Gasteiger partial charge in [0.05, 0.1) is 11.0 Å². The fraction of sp³-hybridized carbons (Fsp3) is 0.562. The molecule has 0 amide bonds. The van der Waals surface area contributed by atoms with Crippen LogP contribution in [0.5, 0.6) is 0 Å². The van der Waals surface area contributed by atoms with E-state index in [2.05, 4.69) is 13.8 Å². The van der Waals surface area contributed by atoms with Crippen molar-refractivity contribution in [2.24, 2.45) is 13.0 Å². The van der Waals surface area contributed by atoms with Crippen LogP contribution in [-0.4, -0.2) is 9.13 Å². The maximum atomic E-state index is 12.3. The van der Waals surface area contributed by atoms with Gasteiger partial charge in [0.15, 0.2) is 0 Å². The van der Waals surface area contributed by atoms with Crippen LogP contribution in [0.25, 0.3) is 11.0 Å². The van der Waals surface area contributed by atoms with Gasteiger partial charge in [-0.25, -0.2) is 4.79 Å². The van der Waals surface area contributed by atoms with Crippen molar-refractivity contribution in [2.45, 2.75) is 46.1 Å². The van der Waals surface area contributed by atoms with Crippen molar-refractivity contribution in [3.05, 3.63) is 34.7 Å². The molecule has 0 fully saturated rings. The third kappa shape index (κ3) is 2.75. The summed E-state index contributed by atoms with van der Waals surface area (Å²) in [7, 11) is 1.86. The molecule has 19 heavy (non-hydrogen) atoms. The topological polar surface area (TPSA) is 26.9 Å². The summed E-state index contributed by atoms with van der Waals surface area (Å²) in [5.41, 5.74) is 2.19. The zero-order chi connectivity index (χ0) is 13.8. The molecule has 0 saturated heterocycles. The summed E-state index contributed by atoms with van der Waals surface area (Å²) >= 11 is 0. The second kappa shape index (κ2) is 6.09. The summed E-state index contributed by atoms with van der Waals surface area (Å²) in [5.74, 6) is 0.600. The first-order valence-electron chi connectivity index (χ1n) is 7.33. The van der Waals surface area contributed by atoms with Gasteiger partial charge in [-0.05, 0) is 24.5 Å². The van der Waals surface area contributed by atoms with Gasteiger partial charge in [0.25, 0.3) is 0 Å². The lowest BCUT2D eigenvalue weighted by atomic mass is 9.99. The van der Waals surface area contributed by atoms with Crippen LogP contribution in [0.15, 0.2) is 29.1 Å². The maximum absolute atomic E-state index is 12.3. The van der Waals surface area contributed by atoms with Gasteiger partial charge < -0.3 is 0 Å². The van der Waals surface area contributed by atoms with E-state index in [1.165, 1.54) is 19.3 Å². The summed E-state index contributed by atoms with van der Waals surface area (Å²) in [6.45, 7) is 5.28. The number of unbranched alkanes of at least 4 members (excludes halogenated alkanes) is 1. The van der Waals surface area contributed by atoms with Gasteiger partial charge in [-0.2, -0.15) is 0 Å². The molecule has 2 rings (SSSR count). The van der Waals surface area contributed by atoms with Crippen molar-refractivity contribution in [3.8, 4) is 0 Å². The molecule has 1 aromatic carbocycles. The molecular formula is C16H24N2O. The number of rotatable bonds is 6. The highest BCUT2D eigenvalue weighted by Crippen LogP contribution is 2.18. The van der Waals surface area contributed by atoms with E-state index in [1.54, 1.807) is 4.57 Å². The number of imidazole rings is 1. The summed E-state index contributed by atoms with van der Waals surface area (Å²) in [6, 6.07) is 8.05. The molecule has 0 aliphatic carbocycles. The standard InChI is InChI=1S/C16H24N2O/c1-4-6-9-13(5-2)12-18-15-11-8-7-10-14(15)17(3)16(18)19/h7-8,10-11,13H,4-6,9,12H2,1-3H3. The average Bonchev–Trinajstić information content (AvgIpc) is 2.68. The Morgan fingerprint density at radius 1 is 1.16 bits per heavy atom. The molecule has 1 aromatic heterocycles. The summed E-state index contributed by atoms with van der Waals surface area (Å²) < 4.78 is 3.70. The van der Waals surface area contributed by atoms with E-state index >= 15 is 0 Å². The summed E-state index contributed by atoms with van der Waals surface area (Å²) in [5, 5.41) is 0. The molecule has 0 bridgehead atoms. The van der Waals surface area contributed by atoms with Crippen LogP contribution in [0, 0.1) is 5.92 Å². The Balaban J connectivity index is 2.34. The minimum absolute atomic E-state index is 0.108. The number of benzene rings is 1. The van der Waals surface area contributed by atoms with E-state index in [0.29, 0.717) is 5.92 Å². The van der Waals surface area contributed by atoms with Crippen molar-refractivity contribution in [2.75, 3.05) is 0 Å². The fourth-order valence-electron chi connectivity index (χ4n) is 2.72. The number of fused-ring (bicyclic) bond motifs is 1. The van der Waals surface area contributed by atoms with Crippen LogP contribution >= 0.6 is 0 Å². The monoisotopic (exact) mass is 260 g/mol. The van der Waals surface area contributed by atoms with E-state index in [1.807, 2.05) is 35.9 Å². The van der Waals surface area contributed by atoms with Crippen LogP contribution in [-0.2, 0) is 13.6 Å². The fourth-order valence-corrected chi connectivity index (χ4v) is 2.72. The minimum Gasteiger partial charge on any atom is -0.295 e. The Morgan fingerprint density at radius 3 is 2.47 bits per heavy atom. The molecule has 3 heteroatoms. The van der Waals surface area contributed by atoms with E-state index in [-0.39, 0.29) is 5.69 Å². The largest absolute Gasteiger partial charge is 0.328 e. The van der Waals surface area contributed by atoms with Gasteiger partial charge in [-0.1, -0.05) is 45.2 Å². The first kappa shape index (κ1) is 13.9. The third-order valence-electron chi connectivity index (χ3n) is 4.04. The van der Waals surface area contributed by atoms with Crippen LogP contribution < -0.4 is 5.69 Å². The number of hydrogen-bond acceptors (Lipinski definition) is 1. The first-order valence-corrected chi connectivity index (χ1v) is 7.33. The first-order chi connectivity index (χ1) is 9.19. The van der Waals surface area contributed by atoms with Crippen LogP contribution in [0.1, 0.15) is 39.5 Å². The van der Waals surface area contributed by atoms with Gasteiger partial charge in [-0.15, -0.1) is 0 Å². The van der Waals surface area contributed by atoms with Gasteiger partial charge >= 0.3 is 5.69 Å².